The number of amides is 1. The van der Waals surface area contributed by atoms with Gasteiger partial charge < -0.3 is 5.32 Å². The van der Waals surface area contributed by atoms with E-state index < -0.39 is 0 Å². The largest absolute Gasteiger partial charge is 0.325 e. The smallest absolute Gasteiger partial charge is 0.225 e. The van der Waals surface area contributed by atoms with Gasteiger partial charge in [-0.2, -0.15) is 5.26 Å². The van der Waals surface area contributed by atoms with E-state index >= 15 is 0 Å². The van der Waals surface area contributed by atoms with E-state index in [0.29, 0.717) is 29.8 Å². The molecule has 6 nitrogen and oxygen atoms in total. The van der Waals surface area contributed by atoms with Crippen molar-refractivity contribution in [3.63, 3.8) is 0 Å². The number of nitrogens with zero attached hydrogens (tertiary/aromatic N) is 4. The number of benzene rings is 3. The van der Waals surface area contributed by atoms with Crippen LogP contribution in [0.5, 0.6) is 0 Å². The van der Waals surface area contributed by atoms with Crippen LogP contribution in [-0.4, -0.2) is 26.4 Å². The molecular formula is C25H21N5OS. The minimum absolute atomic E-state index is 0.143. The van der Waals surface area contributed by atoms with E-state index in [2.05, 4.69) is 33.7 Å². The molecule has 1 amide bonds. The molecule has 7 heteroatoms. The molecule has 1 N–H and O–H groups in total. The van der Waals surface area contributed by atoms with Gasteiger partial charge in [0.05, 0.1) is 11.3 Å². The summed E-state index contributed by atoms with van der Waals surface area (Å²) in [5.74, 6) is 1.24. The fourth-order valence-electron chi connectivity index (χ4n) is 3.26. The molecule has 0 aliphatic carbocycles. The summed E-state index contributed by atoms with van der Waals surface area (Å²) in [5, 5.41) is 21.6. The molecule has 0 atom stereocenters. The summed E-state index contributed by atoms with van der Waals surface area (Å²) in [6, 6.07) is 29.2. The minimum atomic E-state index is -0.143. The first-order chi connectivity index (χ1) is 15.7. The third kappa shape index (κ3) is 5.23. The van der Waals surface area contributed by atoms with Crippen molar-refractivity contribution in [2.75, 3.05) is 11.1 Å². The van der Waals surface area contributed by atoms with Gasteiger partial charge in [-0.05, 0) is 29.8 Å². The predicted octanol–water partition coefficient (Wildman–Crippen LogP) is 4.85. The van der Waals surface area contributed by atoms with E-state index in [0.717, 1.165) is 22.2 Å². The minimum Gasteiger partial charge on any atom is -0.325 e. The van der Waals surface area contributed by atoms with Gasteiger partial charge in [-0.25, -0.2) is 0 Å². The van der Waals surface area contributed by atoms with Crippen LogP contribution in [0, 0.1) is 11.3 Å². The molecule has 4 aromatic rings. The van der Waals surface area contributed by atoms with Crippen molar-refractivity contribution < 1.29 is 4.79 Å². The van der Waals surface area contributed by atoms with Gasteiger partial charge >= 0.3 is 0 Å². The maximum Gasteiger partial charge on any atom is 0.225 e. The quantitative estimate of drug-likeness (QED) is 0.397. The molecule has 32 heavy (non-hydrogen) atoms. The van der Waals surface area contributed by atoms with Gasteiger partial charge in [-0.15, -0.1) is 10.2 Å². The van der Waals surface area contributed by atoms with E-state index in [-0.39, 0.29) is 5.91 Å². The Morgan fingerprint density at radius 2 is 1.62 bits per heavy atom. The van der Waals surface area contributed by atoms with Gasteiger partial charge in [-0.3, -0.25) is 9.36 Å². The maximum atomic E-state index is 12.4. The van der Waals surface area contributed by atoms with Crippen LogP contribution in [0.3, 0.4) is 0 Å². The second kappa shape index (κ2) is 10.4. The first kappa shape index (κ1) is 21.3. The number of para-hydroxylation sites is 2. The third-order valence-corrected chi connectivity index (χ3v) is 5.73. The van der Waals surface area contributed by atoms with Crippen molar-refractivity contribution in [2.45, 2.75) is 18.0 Å². The van der Waals surface area contributed by atoms with E-state index in [1.165, 1.54) is 11.8 Å². The van der Waals surface area contributed by atoms with Crippen LogP contribution in [-0.2, 0) is 11.2 Å². The predicted molar refractivity (Wildman–Crippen MR) is 126 cm³/mol. The van der Waals surface area contributed by atoms with Crippen LogP contribution in [0.1, 0.15) is 23.4 Å². The van der Waals surface area contributed by atoms with Crippen molar-refractivity contribution in [1.82, 2.24) is 14.8 Å². The van der Waals surface area contributed by atoms with Crippen LogP contribution >= 0.6 is 11.8 Å². The average Bonchev–Trinajstić information content (AvgIpc) is 3.22. The second-order valence-electron chi connectivity index (χ2n) is 7.04. The molecule has 1 aromatic heterocycles. The monoisotopic (exact) mass is 439 g/mol. The molecule has 3 aromatic carbocycles. The Labute approximate surface area is 190 Å². The zero-order valence-electron chi connectivity index (χ0n) is 17.3. The molecule has 158 valence electrons. The molecule has 0 radical (unpaired) electrons. The van der Waals surface area contributed by atoms with E-state index in [1.807, 2.05) is 53.1 Å². The molecule has 0 aliphatic heterocycles. The average molecular weight is 440 g/mol. The first-order valence-corrected chi connectivity index (χ1v) is 11.2. The number of nitrogens with one attached hydrogen (secondary N) is 1. The molecule has 4 rings (SSSR count). The summed E-state index contributed by atoms with van der Waals surface area (Å²) in [6.45, 7) is 0. The lowest BCUT2D eigenvalue weighted by atomic mass is 10.1. The number of hydrogen-bond acceptors (Lipinski definition) is 5. The lowest BCUT2D eigenvalue weighted by Crippen LogP contribution is -2.13. The van der Waals surface area contributed by atoms with Gasteiger partial charge in [0, 0.05) is 24.3 Å². The summed E-state index contributed by atoms with van der Waals surface area (Å²) < 4.78 is 2.04. The van der Waals surface area contributed by atoms with E-state index in [1.54, 1.807) is 24.3 Å². The lowest BCUT2D eigenvalue weighted by Gasteiger charge is -2.10. The van der Waals surface area contributed by atoms with Crippen molar-refractivity contribution in [1.29, 1.82) is 5.26 Å². The number of rotatable bonds is 8. The Balaban J connectivity index is 1.46. The third-order valence-electron chi connectivity index (χ3n) is 4.80. The number of anilines is 1. The Morgan fingerprint density at radius 3 is 2.38 bits per heavy atom. The highest BCUT2D eigenvalue weighted by atomic mass is 32.2. The molecule has 0 unspecified atom stereocenters. The molecule has 0 spiro atoms. The Kier molecular flexibility index (Phi) is 6.95. The summed E-state index contributed by atoms with van der Waals surface area (Å²) >= 11 is 1.49. The van der Waals surface area contributed by atoms with Crippen molar-refractivity contribution in [2.24, 2.45) is 0 Å². The summed E-state index contributed by atoms with van der Waals surface area (Å²) in [5.41, 5.74) is 3.12. The summed E-state index contributed by atoms with van der Waals surface area (Å²) in [4.78, 5) is 12.4. The van der Waals surface area contributed by atoms with Crippen LogP contribution in [0.4, 0.5) is 5.69 Å². The van der Waals surface area contributed by atoms with Gasteiger partial charge in [0.25, 0.3) is 0 Å². The number of nitriles is 1. The SMILES string of the molecule is N#Cc1ccccc1NC(=O)CCSc1nnc(Cc2ccccc2)n1-c1ccccc1. The molecule has 0 bridgehead atoms. The van der Waals surface area contributed by atoms with Crippen molar-refractivity contribution in [3.8, 4) is 11.8 Å². The Morgan fingerprint density at radius 1 is 0.938 bits per heavy atom. The number of thioether (sulfide) groups is 1. The summed E-state index contributed by atoms with van der Waals surface area (Å²) in [6.07, 6.45) is 0.953. The molecule has 0 aliphatic rings. The Hall–Kier alpha value is -3.89. The standard InChI is InChI=1S/C25H21N5OS/c26-18-20-11-7-8-14-22(20)27-24(31)15-16-32-25-29-28-23(17-19-9-3-1-4-10-19)30(25)21-12-5-2-6-13-21/h1-14H,15-17H2,(H,27,31). The van der Waals surface area contributed by atoms with Gasteiger partial charge in [0.2, 0.25) is 5.91 Å². The normalized spacial score (nSPS) is 10.5. The van der Waals surface area contributed by atoms with Crippen LogP contribution < -0.4 is 5.32 Å². The van der Waals surface area contributed by atoms with Crippen molar-refractivity contribution in [3.05, 3.63) is 102 Å². The topological polar surface area (TPSA) is 83.6 Å². The fraction of sp³-hybridized carbons (Fsp3) is 0.120. The van der Waals surface area contributed by atoms with Crippen LogP contribution in [0.2, 0.25) is 0 Å². The number of carbonyl (C=O) groups excluding carboxylic acids is 1. The van der Waals surface area contributed by atoms with E-state index in [9.17, 15) is 10.1 Å². The number of carbonyl (C=O) groups is 1. The summed E-state index contributed by atoms with van der Waals surface area (Å²) in [7, 11) is 0. The number of aromatic nitrogens is 3. The van der Waals surface area contributed by atoms with Crippen LogP contribution in [0.15, 0.2) is 90.1 Å². The second-order valence-corrected chi connectivity index (χ2v) is 8.10. The van der Waals surface area contributed by atoms with Gasteiger partial charge in [0.1, 0.15) is 11.9 Å². The zero-order chi connectivity index (χ0) is 22.2. The first-order valence-electron chi connectivity index (χ1n) is 10.2. The molecule has 0 fully saturated rings. The molecule has 1 heterocycles. The molecule has 0 saturated carbocycles. The van der Waals surface area contributed by atoms with Crippen molar-refractivity contribution >= 4 is 23.4 Å². The highest BCUT2D eigenvalue weighted by molar-refractivity contribution is 7.99. The maximum absolute atomic E-state index is 12.4. The molecular weight excluding hydrogens is 418 g/mol. The highest BCUT2D eigenvalue weighted by Crippen LogP contribution is 2.24. The molecule has 0 saturated heterocycles. The van der Waals surface area contributed by atoms with E-state index in [4.69, 9.17) is 0 Å². The van der Waals surface area contributed by atoms with Gasteiger partial charge in [0.15, 0.2) is 5.16 Å². The van der Waals surface area contributed by atoms with Gasteiger partial charge in [-0.1, -0.05) is 72.4 Å². The highest BCUT2D eigenvalue weighted by Gasteiger charge is 2.15. The Bertz CT molecular complexity index is 1230. The fourth-order valence-corrected chi connectivity index (χ4v) is 4.17. The zero-order valence-corrected chi connectivity index (χ0v) is 18.1. The van der Waals surface area contributed by atoms with Crippen LogP contribution in [0.25, 0.3) is 5.69 Å². The lowest BCUT2D eigenvalue weighted by molar-refractivity contribution is -0.115. The number of hydrogen-bond donors (Lipinski definition) is 1.